The van der Waals surface area contributed by atoms with Crippen LogP contribution >= 0.6 is 23.2 Å². The lowest BCUT2D eigenvalue weighted by Gasteiger charge is -2.14. The number of carbonyl (C=O) groups is 1. The molecule has 0 unspecified atom stereocenters. The molecular weight excluding hydrogens is 323 g/mol. The van der Waals surface area contributed by atoms with Crippen LogP contribution in [0.3, 0.4) is 0 Å². The van der Waals surface area contributed by atoms with Gasteiger partial charge in [-0.3, -0.25) is 4.79 Å². The van der Waals surface area contributed by atoms with Crippen LogP contribution in [-0.4, -0.2) is 29.0 Å². The summed E-state index contributed by atoms with van der Waals surface area (Å²) in [6.07, 6.45) is 5.53. The lowest BCUT2D eigenvalue weighted by atomic mass is 10.2. The van der Waals surface area contributed by atoms with Crippen LogP contribution in [0, 0.1) is 0 Å². The minimum Gasteiger partial charge on any atom is -0.341 e. The maximum Gasteiger partial charge on any atom is 0.257 e. The molecule has 0 atom stereocenters. The van der Waals surface area contributed by atoms with Crippen LogP contribution in [0.4, 0.5) is 11.6 Å². The van der Waals surface area contributed by atoms with Crippen molar-refractivity contribution in [2.24, 2.45) is 0 Å². The summed E-state index contributed by atoms with van der Waals surface area (Å²) < 4.78 is 0. The molecule has 7 heteroatoms. The van der Waals surface area contributed by atoms with Crippen molar-refractivity contribution >= 4 is 40.7 Å². The second-order valence-electron chi connectivity index (χ2n) is 5.04. The number of hydrogen-bond donors (Lipinski definition) is 1. The van der Waals surface area contributed by atoms with Gasteiger partial charge in [-0.1, -0.05) is 23.2 Å². The van der Waals surface area contributed by atoms with Crippen LogP contribution in [0.5, 0.6) is 0 Å². The molecule has 22 heavy (non-hydrogen) atoms. The Balaban J connectivity index is 1.71. The molecule has 1 aromatic heterocycles. The molecule has 1 aromatic carbocycles. The smallest absolute Gasteiger partial charge is 0.257 e. The zero-order valence-electron chi connectivity index (χ0n) is 11.7. The van der Waals surface area contributed by atoms with Crippen molar-refractivity contribution in [1.82, 2.24) is 9.97 Å². The first-order chi connectivity index (χ1) is 10.6. The Labute approximate surface area is 138 Å². The average Bonchev–Trinajstić information content (AvgIpc) is 3.02. The van der Waals surface area contributed by atoms with E-state index in [1.165, 1.54) is 6.07 Å². The van der Waals surface area contributed by atoms with E-state index >= 15 is 0 Å². The number of nitrogens with one attached hydrogen (secondary N) is 1. The topological polar surface area (TPSA) is 58.1 Å². The molecule has 0 spiro atoms. The van der Waals surface area contributed by atoms with Gasteiger partial charge in [0.15, 0.2) is 0 Å². The third-order valence-electron chi connectivity index (χ3n) is 3.46. The normalized spacial score (nSPS) is 14.2. The van der Waals surface area contributed by atoms with Gasteiger partial charge in [0.2, 0.25) is 5.95 Å². The predicted molar refractivity (Wildman–Crippen MR) is 87.9 cm³/mol. The van der Waals surface area contributed by atoms with Crippen LogP contribution < -0.4 is 10.2 Å². The quantitative estimate of drug-likeness (QED) is 0.929. The molecule has 0 bridgehead atoms. The Morgan fingerprint density at radius 2 is 1.82 bits per heavy atom. The highest BCUT2D eigenvalue weighted by Crippen LogP contribution is 2.22. The summed E-state index contributed by atoms with van der Waals surface area (Å²) in [4.78, 5) is 22.9. The molecule has 0 aliphatic carbocycles. The van der Waals surface area contributed by atoms with Crippen LogP contribution in [-0.2, 0) is 0 Å². The molecule has 1 aliphatic rings. The Morgan fingerprint density at radius 1 is 1.14 bits per heavy atom. The summed E-state index contributed by atoms with van der Waals surface area (Å²) in [7, 11) is 0. The molecule has 1 fully saturated rings. The molecule has 5 nitrogen and oxygen atoms in total. The summed E-state index contributed by atoms with van der Waals surface area (Å²) in [6, 6.07) is 4.74. The van der Waals surface area contributed by atoms with Crippen molar-refractivity contribution in [3.05, 3.63) is 46.2 Å². The van der Waals surface area contributed by atoms with Crippen LogP contribution in [0.1, 0.15) is 23.2 Å². The van der Waals surface area contributed by atoms with E-state index in [4.69, 9.17) is 23.2 Å². The minimum absolute atomic E-state index is 0.305. The molecule has 3 rings (SSSR count). The SMILES string of the molecule is O=C(Nc1cnc(N2CCCC2)nc1)c1ccc(Cl)cc1Cl. The summed E-state index contributed by atoms with van der Waals surface area (Å²) in [5.41, 5.74) is 0.883. The van der Waals surface area contributed by atoms with Crippen molar-refractivity contribution in [2.75, 3.05) is 23.3 Å². The van der Waals surface area contributed by atoms with Crippen molar-refractivity contribution in [3.63, 3.8) is 0 Å². The van der Waals surface area contributed by atoms with Gasteiger partial charge < -0.3 is 10.2 Å². The lowest BCUT2D eigenvalue weighted by Crippen LogP contribution is -2.20. The maximum absolute atomic E-state index is 12.2. The van der Waals surface area contributed by atoms with Crippen LogP contribution in [0.15, 0.2) is 30.6 Å². The first-order valence-corrected chi connectivity index (χ1v) is 7.72. The minimum atomic E-state index is -0.320. The van der Waals surface area contributed by atoms with E-state index in [0.717, 1.165) is 25.9 Å². The Bertz CT molecular complexity index is 684. The largest absolute Gasteiger partial charge is 0.341 e. The first-order valence-electron chi connectivity index (χ1n) is 6.97. The van der Waals surface area contributed by atoms with Crippen molar-refractivity contribution in [1.29, 1.82) is 0 Å². The third kappa shape index (κ3) is 3.31. The fourth-order valence-electron chi connectivity index (χ4n) is 2.34. The van der Waals surface area contributed by atoms with Gasteiger partial charge in [0.1, 0.15) is 0 Å². The summed E-state index contributed by atoms with van der Waals surface area (Å²) in [5, 5.41) is 3.52. The van der Waals surface area contributed by atoms with Gasteiger partial charge >= 0.3 is 0 Å². The van der Waals surface area contributed by atoms with Crippen molar-refractivity contribution in [3.8, 4) is 0 Å². The highest BCUT2D eigenvalue weighted by atomic mass is 35.5. The first kappa shape index (κ1) is 15.1. The summed E-state index contributed by atoms with van der Waals surface area (Å²) in [5.74, 6) is 0.374. The number of benzene rings is 1. The fraction of sp³-hybridized carbons (Fsp3) is 0.267. The molecule has 0 radical (unpaired) electrons. The van der Waals surface area contributed by atoms with Gasteiger partial charge in [0.05, 0.1) is 28.7 Å². The van der Waals surface area contributed by atoms with E-state index in [9.17, 15) is 4.79 Å². The molecule has 2 heterocycles. The molecule has 1 aliphatic heterocycles. The van der Waals surface area contributed by atoms with E-state index < -0.39 is 0 Å². The number of aromatic nitrogens is 2. The molecular formula is C15H14Cl2N4O. The van der Waals surface area contributed by atoms with E-state index in [0.29, 0.717) is 27.2 Å². The van der Waals surface area contributed by atoms with Gasteiger partial charge in [0.25, 0.3) is 5.91 Å². The Kier molecular flexibility index (Phi) is 4.45. The number of anilines is 2. The fourth-order valence-corrected chi connectivity index (χ4v) is 2.83. The van der Waals surface area contributed by atoms with E-state index in [1.807, 2.05) is 0 Å². The number of rotatable bonds is 3. The number of amides is 1. The maximum atomic E-state index is 12.2. The van der Waals surface area contributed by atoms with Gasteiger partial charge in [-0.15, -0.1) is 0 Å². The summed E-state index contributed by atoms with van der Waals surface area (Å²) >= 11 is 11.8. The van der Waals surface area contributed by atoms with Gasteiger partial charge in [0, 0.05) is 18.1 Å². The molecule has 1 saturated heterocycles. The zero-order valence-corrected chi connectivity index (χ0v) is 13.2. The number of hydrogen-bond acceptors (Lipinski definition) is 4. The van der Waals surface area contributed by atoms with Crippen molar-refractivity contribution < 1.29 is 4.79 Å². The Morgan fingerprint density at radius 3 is 2.45 bits per heavy atom. The zero-order chi connectivity index (χ0) is 15.5. The van der Waals surface area contributed by atoms with Crippen molar-refractivity contribution in [2.45, 2.75) is 12.8 Å². The van der Waals surface area contributed by atoms with Crippen LogP contribution in [0.2, 0.25) is 10.0 Å². The number of halogens is 2. The lowest BCUT2D eigenvalue weighted by molar-refractivity contribution is 0.102. The van der Waals surface area contributed by atoms with Gasteiger partial charge in [-0.25, -0.2) is 9.97 Å². The standard InChI is InChI=1S/C15H14Cl2N4O/c16-10-3-4-12(13(17)7-10)14(22)20-11-8-18-15(19-9-11)21-5-1-2-6-21/h3-4,7-9H,1-2,5-6H2,(H,20,22). The van der Waals surface area contributed by atoms with E-state index in [-0.39, 0.29) is 5.91 Å². The van der Waals surface area contributed by atoms with Crippen LogP contribution in [0.25, 0.3) is 0 Å². The predicted octanol–water partition coefficient (Wildman–Crippen LogP) is 3.64. The monoisotopic (exact) mass is 336 g/mol. The number of nitrogens with zero attached hydrogens (tertiary/aromatic N) is 3. The average molecular weight is 337 g/mol. The second kappa shape index (κ2) is 6.50. The molecule has 114 valence electrons. The summed E-state index contributed by atoms with van der Waals surface area (Å²) in [6.45, 7) is 1.96. The van der Waals surface area contributed by atoms with E-state index in [1.54, 1.807) is 24.5 Å². The van der Waals surface area contributed by atoms with Gasteiger partial charge in [-0.05, 0) is 31.0 Å². The molecule has 1 amide bonds. The Hall–Kier alpha value is -1.85. The third-order valence-corrected chi connectivity index (χ3v) is 4.01. The van der Waals surface area contributed by atoms with Gasteiger partial charge in [-0.2, -0.15) is 0 Å². The second-order valence-corrected chi connectivity index (χ2v) is 5.89. The molecule has 0 saturated carbocycles. The highest BCUT2D eigenvalue weighted by molar-refractivity contribution is 6.37. The highest BCUT2D eigenvalue weighted by Gasteiger charge is 2.15. The molecule has 1 N–H and O–H groups in total. The molecule has 2 aromatic rings. The number of carbonyl (C=O) groups excluding carboxylic acids is 1. The van der Waals surface area contributed by atoms with E-state index in [2.05, 4.69) is 20.2 Å².